The molecule has 0 rings (SSSR count). The van der Waals surface area contributed by atoms with E-state index in [2.05, 4.69) is 53.4 Å². The molecule has 0 fully saturated rings. The number of carbonyl (C=O) groups excluding carboxylic acids is 1. The SMILES string of the molecule is CCCN(CCC)CCOC(=O)C(C)(CC(C)C)C(C)C. The van der Waals surface area contributed by atoms with Crippen molar-refractivity contribution in [3.05, 3.63) is 0 Å². The Kier molecular flexibility index (Phi) is 9.93. The lowest BCUT2D eigenvalue weighted by Crippen LogP contribution is -2.38. The monoisotopic (exact) mass is 299 g/mol. The number of rotatable bonds is 11. The van der Waals surface area contributed by atoms with Crippen LogP contribution in [0, 0.1) is 17.3 Å². The van der Waals surface area contributed by atoms with Crippen molar-refractivity contribution >= 4 is 5.97 Å². The first-order chi connectivity index (χ1) is 9.77. The molecule has 3 nitrogen and oxygen atoms in total. The highest BCUT2D eigenvalue weighted by Crippen LogP contribution is 2.35. The van der Waals surface area contributed by atoms with Crippen molar-refractivity contribution in [1.82, 2.24) is 4.90 Å². The van der Waals surface area contributed by atoms with Gasteiger partial charge >= 0.3 is 5.97 Å². The molecule has 0 bridgehead atoms. The molecule has 1 unspecified atom stereocenters. The minimum atomic E-state index is -0.367. The zero-order valence-corrected chi connectivity index (χ0v) is 15.4. The largest absolute Gasteiger partial charge is 0.464 e. The molecule has 0 radical (unpaired) electrons. The molecule has 0 aromatic heterocycles. The molecule has 0 aromatic rings. The fourth-order valence-corrected chi connectivity index (χ4v) is 2.80. The average molecular weight is 299 g/mol. The predicted molar refractivity (Wildman–Crippen MR) is 90.4 cm³/mol. The summed E-state index contributed by atoms with van der Waals surface area (Å²) in [6, 6.07) is 0. The maximum absolute atomic E-state index is 12.5. The standard InChI is InChI=1S/C18H37NO2/c1-8-10-19(11-9-2)12-13-21-17(20)18(7,16(5)6)14-15(3)4/h15-16H,8-14H2,1-7H3. The van der Waals surface area contributed by atoms with E-state index in [9.17, 15) is 4.79 Å². The van der Waals surface area contributed by atoms with Crippen LogP contribution in [0.2, 0.25) is 0 Å². The third-order valence-corrected chi connectivity index (χ3v) is 4.29. The second kappa shape index (κ2) is 10.2. The van der Waals surface area contributed by atoms with Crippen molar-refractivity contribution in [2.75, 3.05) is 26.2 Å². The van der Waals surface area contributed by atoms with Crippen LogP contribution >= 0.6 is 0 Å². The number of hydrogen-bond donors (Lipinski definition) is 0. The van der Waals surface area contributed by atoms with Crippen molar-refractivity contribution < 1.29 is 9.53 Å². The minimum absolute atomic E-state index is 0.0286. The first kappa shape index (κ1) is 20.4. The van der Waals surface area contributed by atoms with E-state index in [1.807, 2.05) is 0 Å². The van der Waals surface area contributed by atoms with Gasteiger partial charge in [-0.3, -0.25) is 9.69 Å². The third-order valence-electron chi connectivity index (χ3n) is 4.29. The van der Waals surface area contributed by atoms with E-state index in [0.29, 0.717) is 18.4 Å². The Labute approximate surface area is 132 Å². The smallest absolute Gasteiger partial charge is 0.312 e. The van der Waals surface area contributed by atoms with Gasteiger partial charge in [0, 0.05) is 6.54 Å². The summed E-state index contributed by atoms with van der Waals surface area (Å²) >= 11 is 0. The summed E-state index contributed by atoms with van der Waals surface area (Å²) in [5.74, 6) is 0.774. The second-order valence-electron chi connectivity index (χ2n) is 7.15. The lowest BCUT2D eigenvalue weighted by Gasteiger charge is -2.33. The zero-order chi connectivity index (χ0) is 16.5. The van der Waals surface area contributed by atoms with Gasteiger partial charge in [0.15, 0.2) is 0 Å². The molecule has 0 aromatic carbocycles. The highest BCUT2D eigenvalue weighted by atomic mass is 16.5. The van der Waals surface area contributed by atoms with E-state index in [0.717, 1.165) is 38.9 Å². The number of carbonyl (C=O) groups is 1. The maximum Gasteiger partial charge on any atom is 0.312 e. The van der Waals surface area contributed by atoms with Gasteiger partial charge in [-0.25, -0.2) is 0 Å². The summed E-state index contributed by atoms with van der Waals surface area (Å²) in [6.45, 7) is 18.5. The van der Waals surface area contributed by atoms with E-state index in [1.165, 1.54) is 0 Å². The summed E-state index contributed by atoms with van der Waals surface area (Å²) in [5, 5.41) is 0. The summed E-state index contributed by atoms with van der Waals surface area (Å²) < 4.78 is 5.61. The number of hydrogen-bond acceptors (Lipinski definition) is 3. The van der Waals surface area contributed by atoms with E-state index < -0.39 is 0 Å². The Morgan fingerprint density at radius 2 is 1.57 bits per heavy atom. The molecule has 21 heavy (non-hydrogen) atoms. The molecule has 0 N–H and O–H groups in total. The molecule has 0 aliphatic carbocycles. The normalized spacial score (nSPS) is 14.8. The topological polar surface area (TPSA) is 29.5 Å². The Hall–Kier alpha value is -0.570. The minimum Gasteiger partial charge on any atom is -0.464 e. The zero-order valence-electron chi connectivity index (χ0n) is 15.4. The molecule has 3 heteroatoms. The van der Waals surface area contributed by atoms with Crippen LogP contribution in [0.1, 0.15) is 67.7 Å². The van der Waals surface area contributed by atoms with Gasteiger partial charge < -0.3 is 4.74 Å². The molecular formula is C18H37NO2. The molecule has 0 aliphatic heterocycles. The Bertz CT molecular complexity index is 283. The van der Waals surface area contributed by atoms with Crippen LogP contribution in [0.15, 0.2) is 0 Å². The van der Waals surface area contributed by atoms with Crippen LogP contribution in [-0.4, -0.2) is 37.1 Å². The molecule has 126 valence electrons. The third kappa shape index (κ3) is 7.30. The molecule has 1 atom stereocenters. The van der Waals surface area contributed by atoms with Crippen LogP contribution in [0.25, 0.3) is 0 Å². The number of ether oxygens (including phenoxy) is 1. The van der Waals surface area contributed by atoms with Crippen molar-refractivity contribution in [3.8, 4) is 0 Å². The Balaban J connectivity index is 4.43. The van der Waals surface area contributed by atoms with Gasteiger partial charge in [-0.1, -0.05) is 41.5 Å². The van der Waals surface area contributed by atoms with E-state index in [1.54, 1.807) is 0 Å². The lowest BCUT2D eigenvalue weighted by atomic mass is 9.73. The van der Waals surface area contributed by atoms with Gasteiger partial charge in [0.1, 0.15) is 6.61 Å². The van der Waals surface area contributed by atoms with Gasteiger partial charge in [0.25, 0.3) is 0 Å². The first-order valence-electron chi connectivity index (χ1n) is 8.67. The van der Waals surface area contributed by atoms with Gasteiger partial charge in [0.05, 0.1) is 5.41 Å². The maximum atomic E-state index is 12.5. The van der Waals surface area contributed by atoms with Crippen molar-refractivity contribution in [1.29, 1.82) is 0 Å². The van der Waals surface area contributed by atoms with Gasteiger partial charge in [-0.15, -0.1) is 0 Å². The van der Waals surface area contributed by atoms with Crippen LogP contribution < -0.4 is 0 Å². The van der Waals surface area contributed by atoms with Crippen molar-refractivity contribution in [2.24, 2.45) is 17.3 Å². The first-order valence-corrected chi connectivity index (χ1v) is 8.67. The Morgan fingerprint density at radius 3 is 1.95 bits per heavy atom. The van der Waals surface area contributed by atoms with Crippen LogP contribution in [0.3, 0.4) is 0 Å². The number of esters is 1. The van der Waals surface area contributed by atoms with Crippen LogP contribution in [-0.2, 0) is 9.53 Å². The highest BCUT2D eigenvalue weighted by Gasteiger charge is 2.38. The molecular weight excluding hydrogens is 262 g/mol. The summed E-state index contributed by atoms with van der Waals surface area (Å²) in [4.78, 5) is 14.9. The van der Waals surface area contributed by atoms with Crippen molar-refractivity contribution in [2.45, 2.75) is 67.7 Å². The summed E-state index contributed by atoms with van der Waals surface area (Å²) in [6.07, 6.45) is 3.17. The predicted octanol–water partition coefficient (Wildman–Crippen LogP) is 4.36. The average Bonchev–Trinajstić information content (AvgIpc) is 2.37. The lowest BCUT2D eigenvalue weighted by molar-refractivity contribution is -0.159. The Morgan fingerprint density at radius 1 is 1.05 bits per heavy atom. The fraction of sp³-hybridized carbons (Fsp3) is 0.944. The molecule has 0 amide bonds. The van der Waals surface area contributed by atoms with Gasteiger partial charge in [-0.05, 0) is 51.1 Å². The van der Waals surface area contributed by atoms with E-state index >= 15 is 0 Å². The van der Waals surface area contributed by atoms with Crippen molar-refractivity contribution in [3.63, 3.8) is 0 Å². The van der Waals surface area contributed by atoms with Gasteiger partial charge in [0.2, 0.25) is 0 Å². The molecule has 0 spiro atoms. The van der Waals surface area contributed by atoms with Crippen LogP contribution in [0.5, 0.6) is 0 Å². The van der Waals surface area contributed by atoms with Crippen LogP contribution in [0.4, 0.5) is 0 Å². The summed E-state index contributed by atoms with van der Waals surface area (Å²) in [7, 11) is 0. The molecule has 0 saturated heterocycles. The quantitative estimate of drug-likeness (QED) is 0.531. The van der Waals surface area contributed by atoms with E-state index in [-0.39, 0.29) is 11.4 Å². The number of nitrogens with zero attached hydrogens (tertiary/aromatic N) is 1. The highest BCUT2D eigenvalue weighted by molar-refractivity contribution is 5.76. The van der Waals surface area contributed by atoms with Gasteiger partial charge in [-0.2, -0.15) is 0 Å². The second-order valence-corrected chi connectivity index (χ2v) is 7.15. The molecule has 0 saturated carbocycles. The summed E-state index contributed by atoms with van der Waals surface area (Å²) in [5.41, 5.74) is -0.367. The van der Waals surface area contributed by atoms with E-state index in [4.69, 9.17) is 4.74 Å². The molecule has 0 aliphatic rings. The molecule has 0 heterocycles. The fourth-order valence-electron chi connectivity index (χ4n) is 2.80.